The van der Waals surface area contributed by atoms with Gasteiger partial charge in [0.2, 0.25) is 5.91 Å². The Hall–Kier alpha value is -3.85. The molecule has 2 heterocycles. The minimum Gasteiger partial charge on any atom is -0.354 e. The molecule has 1 unspecified atom stereocenters. The van der Waals surface area contributed by atoms with Crippen molar-refractivity contribution in [2.75, 3.05) is 5.32 Å². The van der Waals surface area contributed by atoms with Gasteiger partial charge in [-0.25, -0.2) is 0 Å². The molecule has 0 fully saturated rings. The quantitative estimate of drug-likeness (QED) is 0.366. The number of amides is 1. The molecule has 4 aromatic carbocycles. The van der Waals surface area contributed by atoms with Crippen molar-refractivity contribution in [1.82, 2.24) is 4.98 Å². The van der Waals surface area contributed by atoms with Gasteiger partial charge < -0.3 is 10.3 Å². The Labute approximate surface area is 167 Å². The molecule has 0 saturated carbocycles. The van der Waals surface area contributed by atoms with Crippen LogP contribution in [0.2, 0.25) is 0 Å². The highest BCUT2D eigenvalue weighted by Crippen LogP contribution is 2.60. The standard InChI is InChI=1S/C26H16N2O/c29-25-26(19-10-4-6-12-21(19)28-25)22-16-8-2-1-7-15(16)13-14-18(22)24-23(26)17-9-3-5-11-20(17)27-24/h1-14,27H,(H,28,29). The van der Waals surface area contributed by atoms with Crippen molar-refractivity contribution in [2.24, 2.45) is 0 Å². The summed E-state index contributed by atoms with van der Waals surface area (Å²) in [5, 5.41) is 6.56. The topological polar surface area (TPSA) is 44.9 Å². The molecule has 1 aliphatic carbocycles. The van der Waals surface area contributed by atoms with Crippen LogP contribution in [-0.2, 0) is 10.2 Å². The molecule has 29 heavy (non-hydrogen) atoms. The van der Waals surface area contributed by atoms with Crippen LogP contribution in [0, 0.1) is 0 Å². The van der Waals surface area contributed by atoms with Crippen LogP contribution >= 0.6 is 0 Å². The third-order valence-corrected chi connectivity index (χ3v) is 6.57. The van der Waals surface area contributed by atoms with Crippen molar-refractivity contribution in [3.05, 3.63) is 102 Å². The maximum absolute atomic E-state index is 13.8. The summed E-state index contributed by atoms with van der Waals surface area (Å²) in [5.74, 6) is 0.0276. The molecule has 0 radical (unpaired) electrons. The molecule has 1 aliphatic heterocycles. The lowest BCUT2D eigenvalue weighted by molar-refractivity contribution is -0.118. The molecule has 2 N–H and O–H groups in total. The smallest absolute Gasteiger partial charge is 0.244 e. The average Bonchev–Trinajstić information content (AvgIpc) is 3.37. The summed E-state index contributed by atoms with van der Waals surface area (Å²) in [4.78, 5) is 17.5. The van der Waals surface area contributed by atoms with Crippen molar-refractivity contribution >= 4 is 33.3 Å². The second kappa shape index (κ2) is 4.95. The summed E-state index contributed by atoms with van der Waals surface area (Å²) < 4.78 is 0. The number of rotatable bonds is 0. The first-order valence-electron chi connectivity index (χ1n) is 9.85. The highest BCUT2D eigenvalue weighted by atomic mass is 16.2. The zero-order valence-corrected chi connectivity index (χ0v) is 15.5. The van der Waals surface area contributed by atoms with E-state index in [1.54, 1.807) is 0 Å². The third kappa shape index (κ3) is 1.60. The van der Waals surface area contributed by atoms with Gasteiger partial charge in [-0.1, -0.05) is 72.8 Å². The number of anilines is 1. The van der Waals surface area contributed by atoms with Crippen LogP contribution in [0.15, 0.2) is 84.9 Å². The third-order valence-electron chi connectivity index (χ3n) is 6.57. The van der Waals surface area contributed by atoms with E-state index < -0.39 is 5.41 Å². The van der Waals surface area contributed by atoms with Gasteiger partial charge in [-0.2, -0.15) is 0 Å². The van der Waals surface area contributed by atoms with E-state index >= 15 is 0 Å². The molecule has 1 atom stereocenters. The van der Waals surface area contributed by atoms with Crippen molar-refractivity contribution in [3.8, 4) is 11.3 Å². The molecule has 136 valence electrons. The lowest BCUT2D eigenvalue weighted by atomic mass is 9.71. The Bertz CT molecular complexity index is 1510. The first-order chi connectivity index (χ1) is 14.3. The van der Waals surface area contributed by atoms with Gasteiger partial charge in [0.1, 0.15) is 5.41 Å². The number of fused-ring (bicyclic) bond motifs is 11. The van der Waals surface area contributed by atoms with E-state index in [0.717, 1.165) is 55.3 Å². The van der Waals surface area contributed by atoms with E-state index in [1.807, 2.05) is 36.4 Å². The van der Waals surface area contributed by atoms with E-state index in [9.17, 15) is 4.79 Å². The summed E-state index contributed by atoms with van der Waals surface area (Å²) in [6, 6.07) is 29.1. The van der Waals surface area contributed by atoms with E-state index in [2.05, 4.69) is 58.8 Å². The average molecular weight is 372 g/mol. The van der Waals surface area contributed by atoms with Gasteiger partial charge in [0.25, 0.3) is 0 Å². The van der Waals surface area contributed by atoms with Gasteiger partial charge in [0, 0.05) is 33.3 Å². The summed E-state index contributed by atoms with van der Waals surface area (Å²) in [6.45, 7) is 0. The van der Waals surface area contributed by atoms with Crippen LogP contribution in [0.1, 0.15) is 16.7 Å². The number of hydrogen-bond donors (Lipinski definition) is 2. The molecule has 1 amide bonds. The number of aromatic nitrogens is 1. The fraction of sp³-hybridized carbons (Fsp3) is 0.0385. The SMILES string of the molecule is O=C1Nc2ccccc2C12c1c(ccc3ccccc13)-c1[nH]c3ccccc3c12. The van der Waals surface area contributed by atoms with E-state index in [1.165, 1.54) is 0 Å². The van der Waals surface area contributed by atoms with Crippen molar-refractivity contribution in [3.63, 3.8) is 0 Å². The van der Waals surface area contributed by atoms with Gasteiger partial charge in [-0.05, 0) is 28.5 Å². The molecule has 7 rings (SSSR count). The van der Waals surface area contributed by atoms with Gasteiger partial charge in [0.15, 0.2) is 0 Å². The highest BCUT2D eigenvalue weighted by molar-refractivity contribution is 6.21. The maximum Gasteiger partial charge on any atom is 0.244 e. The number of benzene rings is 4. The number of hydrogen-bond acceptors (Lipinski definition) is 1. The zero-order valence-electron chi connectivity index (χ0n) is 15.5. The second-order valence-electron chi connectivity index (χ2n) is 7.88. The first-order valence-corrected chi connectivity index (χ1v) is 9.85. The monoisotopic (exact) mass is 372 g/mol. The molecule has 1 spiro atoms. The number of carbonyl (C=O) groups is 1. The van der Waals surface area contributed by atoms with Crippen LogP contribution in [0.4, 0.5) is 5.69 Å². The highest BCUT2D eigenvalue weighted by Gasteiger charge is 2.57. The first kappa shape index (κ1) is 15.1. The predicted molar refractivity (Wildman–Crippen MR) is 116 cm³/mol. The van der Waals surface area contributed by atoms with Crippen molar-refractivity contribution in [1.29, 1.82) is 0 Å². The fourth-order valence-corrected chi connectivity index (χ4v) is 5.50. The van der Waals surface area contributed by atoms with Gasteiger partial charge in [0.05, 0.1) is 5.69 Å². The molecular formula is C26H16N2O. The van der Waals surface area contributed by atoms with Gasteiger partial charge >= 0.3 is 0 Å². The molecule has 2 aliphatic rings. The largest absolute Gasteiger partial charge is 0.354 e. The Balaban J connectivity index is 1.77. The molecule has 0 bridgehead atoms. The molecule has 1 aromatic heterocycles. The molecular weight excluding hydrogens is 356 g/mol. The second-order valence-corrected chi connectivity index (χ2v) is 7.88. The van der Waals surface area contributed by atoms with E-state index in [4.69, 9.17) is 0 Å². The summed E-state index contributed by atoms with van der Waals surface area (Å²) >= 11 is 0. The number of para-hydroxylation sites is 2. The van der Waals surface area contributed by atoms with Crippen LogP contribution in [0.3, 0.4) is 0 Å². The van der Waals surface area contributed by atoms with Crippen LogP contribution in [-0.4, -0.2) is 10.9 Å². The van der Waals surface area contributed by atoms with Crippen LogP contribution in [0.5, 0.6) is 0 Å². The van der Waals surface area contributed by atoms with E-state index in [0.29, 0.717) is 0 Å². The van der Waals surface area contributed by atoms with Crippen molar-refractivity contribution in [2.45, 2.75) is 5.41 Å². The van der Waals surface area contributed by atoms with Gasteiger partial charge in [-0.3, -0.25) is 4.79 Å². The van der Waals surface area contributed by atoms with Crippen molar-refractivity contribution < 1.29 is 4.79 Å². The van der Waals surface area contributed by atoms with Gasteiger partial charge in [-0.15, -0.1) is 0 Å². The lowest BCUT2D eigenvalue weighted by Crippen LogP contribution is -2.35. The number of H-pyrrole nitrogens is 1. The number of carbonyl (C=O) groups excluding carboxylic acids is 1. The summed E-state index contributed by atoms with van der Waals surface area (Å²) in [7, 11) is 0. The minimum atomic E-state index is -0.846. The Kier molecular flexibility index (Phi) is 2.58. The predicted octanol–water partition coefficient (Wildman–Crippen LogP) is 5.59. The maximum atomic E-state index is 13.8. The Morgan fingerprint density at radius 2 is 1.45 bits per heavy atom. The Morgan fingerprint density at radius 1 is 0.690 bits per heavy atom. The zero-order chi connectivity index (χ0) is 19.2. The molecule has 5 aromatic rings. The minimum absolute atomic E-state index is 0.0276. The summed E-state index contributed by atoms with van der Waals surface area (Å²) in [6.07, 6.45) is 0. The lowest BCUT2D eigenvalue weighted by Gasteiger charge is -2.26. The number of nitrogens with one attached hydrogen (secondary N) is 2. The molecule has 3 nitrogen and oxygen atoms in total. The van der Waals surface area contributed by atoms with Crippen LogP contribution < -0.4 is 5.32 Å². The van der Waals surface area contributed by atoms with Crippen LogP contribution in [0.25, 0.3) is 32.9 Å². The fourth-order valence-electron chi connectivity index (χ4n) is 5.50. The molecule has 0 saturated heterocycles. The summed E-state index contributed by atoms with van der Waals surface area (Å²) in [5.41, 5.74) is 6.47. The number of aromatic amines is 1. The van der Waals surface area contributed by atoms with E-state index in [-0.39, 0.29) is 5.91 Å². The normalized spacial score (nSPS) is 18.8. The Morgan fingerprint density at radius 3 is 2.38 bits per heavy atom. The molecule has 3 heteroatoms.